The molecule has 0 saturated carbocycles. The number of carbonyl (C=O) groups is 1. The van der Waals surface area contributed by atoms with Crippen molar-refractivity contribution < 1.29 is 9.53 Å². The highest BCUT2D eigenvalue weighted by molar-refractivity contribution is 5.88. The van der Waals surface area contributed by atoms with E-state index in [1.807, 2.05) is 25.9 Å². The van der Waals surface area contributed by atoms with E-state index in [9.17, 15) is 4.79 Å². The maximum absolute atomic E-state index is 11.1. The zero-order chi connectivity index (χ0) is 9.56. The lowest BCUT2D eigenvalue weighted by Gasteiger charge is -2.09. The Morgan fingerprint density at radius 3 is 2.42 bits per heavy atom. The molecule has 0 saturated heterocycles. The van der Waals surface area contributed by atoms with Gasteiger partial charge in [-0.1, -0.05) is 13.3 Å². The summed E-state index contributed by atoms with van der Waals surface area (Å²) in [4.78, 5) is 13.0. The lowest BCUT2D eigenvalue weighted by Crippen LogP contribution is -2.10. The normalized spacial score (nSPS) is 11.2. The van der Waals surface area contributed by atoms with Crippen LogP contribution < -0.4 is 0 Å². The summed E-state index contributed by atoms with van der Waals surface area (Å²) >= 11 is 0. The maximum Gasteiger partial charge on any atom is 0.335 e. The van der Waals surface area contributed by atoms with Crippen LogP contribution in [0.1, 0.15) is 19.8 Å². The SMILES string of the molecule is CCC/C(=C/N(C)C)C(=O)OC. The molecule has 0 unspecified atom stereocenters. The summed E-state index contributed by atoms with van der Waals surface area (Å²) in [6, 6.07) is 0. The zero-order valence-corrected chi connectivity index (χ0v) is 8.26. The molecule has 0 aliphatic rings. The molecule has 0 aliphatic carbocycles. The van der Waals surface area contributed by atoms with Crippen LogP contribution in [0.25, 0.3) is 0 Å². The molecule has 3 heteroatoms. The fraction of sp³-hybridized carbons (Fsp3) is 0.667. The summed E-state index contributed by atoms with van der Waals surface area (Å²) in [5.74, 6) is -0.231. The fourth-order valence-corrected chi connectivity index (χ4v) is 0.931. The maximum atomic E-state index is 11.1. The molecule has 0 rings (SSSR count). The third kappa shape index (κ3) is 4.01. The average molecular weight is 171 g/mol. The van der Waals surface area contributed by atoms with Gasteiger partial charge < -0.3 is 9.64 Å². The second kappa shape index (κ2) is 5.63. The van der Waals surface area contributed by atoms with Gasteiger partial charge >= 0.3 is 5.97 Å². The zero-order valence-electron chi connectivity index (χ0n) is 8.26. The van der Waals surface area contributed by atoms with Gasteiger partial charge in [0.15, 0.2) is 0 Å². The Kier molecular flexibility index (Phi) is 5.17. The number of nitrogens with zero attached hydrogens (tertiary/aromatic N) is 1. The largest absolute Gasteiger partial charge is 0.466 e. The third-order valence-electron chi connectivity index (χ3n) is 1.38. The molecule has 0 aromatic carbocycles. The van der Waals surface area contributed by atoms with E-state index >= 15 is 0 Å². The van der Waals surface area contributed by atoms with Crippen LogP contribution in [0.15, 0.2) is 11.8 Å². The Bertz CT molecular complexity index is 173. The van der Waals surface area contributed by atoms with Gasteiger partial charge in [0.1, 0.15) is 0 Å². The average Bonchev–Trinajstić information content (AvgIpc) is 2.01. The van der Waals surface area contributed by atoms with Crippen molar-refractivity contribution in [2.24, 2.45) is 0 Å². The molecule has 12 heavy (non-hydrogen) atoms. The van der Waals surface area contributed by atoms with Crippen molar-refractivity contribution in [3.63, 3.8) is 0 Å². The van der Waals surface area contributed by atoms with E-state index in [1.165, 1.54) is 7.11 Å². The highest BCUT2D eigenvalue weighted by atomic mass is 16.5. The predicted octanol–water partition coefficient (Wildman–Crippen LogP) is 1.41. The first-order valence-corrected chi connectivity index (χ1v) is 4.07. The van der Waals surface area contributed by atoms with Crippen molar-refractivity contribution in [1.29, 1.82) is 0 Å². The Balaban J connectivity index is 4.31. The van der Waals surface area contributed by atoms with E-state index in [0.29, 0.717) is 0 Å². The number of rotatable bonds is 4. The van der Waals surface area contributed by atoms with Gasteiger partial charge in [0.2, 0.25) is 0 Å². The summed E-state index contributed by atoms with van der Waals surface area (Å²) in [5, 5.41) is 0. The molecule has 0 heterocycles. The fourth-order valence-electron chi connectivity index (χ4n) is 0.931. The lowest BCUT2D eigenvalue weighted by molar-refractivity contribution is -0.136. The topological polar surface area (TPSA) is 29.5 Å². The minimum atomic E-state index is -0.231. The molecule has 0 radical (unpaired) electrons. The molecule has 0 aromatic rings. The second-order valence-electron chi connectivity index (χ2n) is 2.86. The van der Waals surface area contributed by atoms with Gasteiger partial charge in [-0.3, -0.25) is 0 Å². The van der Waals surface area contributed by atoms with Crippen molar-refractivity contribution in [2.75, 3.05) is 21.2 Å². The van der Waals surface area contributed by atoms with Crippen LogP contribution in [0.4, 0.5) is 0 Å². The van der Waals surface area contributed by atoms with Crippen LogP contribution in [-0.4, -0.2) is 32.1 Å². The lowest BCUT2D eigenvalue weighted by atomic mass is 10.1. The first-order valence-electron chi connectivity index (χ1n) is 4.07. The van der Waals surface area contributed by atoms with Crippen molar-refractivity contribution in [1.82, 2.24) is 4.90 Å². The molecule has 0 spiro atoms. The van der Waals surface area contributed by atoms with Gasteiger partial charge in [0, 0.05) is 20.3 Å². The Morgan fingerprint density at radius 2 is 2.08 bits per heavy atom. The predicted molar refractivity (Wildman–Crippen MR) is 48.7 cm³/mol. The third-order valence-corrected chi connectivity index (χ3v) is 1.38. The Morgan fingerprint density at radius 1 is 1.50 bits per heavy atom. The standard InChI is InChI=1S/C9H17NO2/c1-5-6-8(7-10(2)3)9(11)12-4/h7H,5-6H2,1-4H3/b8-7-. The quantitative estimate of drug-likeness (QED) is 0.473. The second-order valence-corrected chi connectivity index (χ2v) is 2.86. The van der Waals surface area contributed by atoms with E-state index in [4.69, 9.17) is 0 Å². The number of methoxy groups -OCH3 is 1. The number of hydrogen-bond acceptors (Lipinski definition) is 3. The minimum Gasteiger partial charge on any atom is -0.466 e. The van der Waals surface area contributed by atoms with Crippen LogP contribution in [0.2, 0.25) is 0 Å². The van der Waals surface area contributed by atoms with Crippen LogP contribution in [-0.2, 0) is 9.53 Å². The van der Waals surface area contributed by atoms with Crippen molar-refractivity contribution in [2.45, 2.75) is 19.8 Å². The smallest absolute Gasteiger partial charge is 0.335 e. The van der Waals surface area contributed by atoms with Crippen molar-refractivity contribution >= 4 is 5.97 Å². The van der Waals surface area contributed by atoms with Gasteiger partial charge in [-0.2, -0.15) is 0 Å². The molecular formula is C9H17NO2. The van der Waals surface area contributed by atoms with E-state index in [0.717, 1.165) is 18.4 Å². The molecule has 0 aliphatic heterocycles. The van der Waals surface area contributed by atoms with Gasteiger partial charge in [-0.05, 0) is 6.42 Å². The minimum absolute atomic E-state index is 0.231. The summed E-state index contributed by atoms with van der Waals surface area (Å²) < 4.78 is 4.63. The van der Waals surface area contributed by atoms with Crippen LogP contribution >= 0.6 is 0 Å². The summed E-state index contributed by atoms with van der Waals surface area (Å²) in [6.07, 6.45) is 3.52. The van der Waals surface area contributed by atoms with Crippen LogP contribution in [0.5, 0.6) is 0 Å². The molecule has 0 aromatic heterocycles. The molecule has 0 bridgehead atoms. The molecule has 0 atom stereocenters. The Hall–Kier alpha value is -0.990. The highest BCUT2D eigenvalue weighted by Crippen LogP contribution is 2.06. The molecule has 3 nitrogen and oxygen atoms in total. The van der Waals surface area contributed by atoms with Gasteiger partial charge in [0.05, 0.1) is 12.7 Å². The van der Waals surface area contributed by atoms with Crippen LogP contribution in [0.3, 0.4) is 0 Å². The van der Waals surface area contributed by atoms with Crippen LogP contribution in [0, 0.1) is 0 Å². The molecule has 0 N–H and O–H groups in total. The number of ether oxygens (including phenoxy) is 1. The van der Waals surface area contributed by atoms with Crippen molar-refractivity contribution in [3.05, 3.63) is 11.8 Å². The number of carbonyl (C=O) groups excluding carboxylic acids is 1. The van der Waals surface area contributed by atoms with Crippen molar-refractivity contribution in [3.8, 4) is 0 Å². The summed E-state index contributed by atoms with van der Waals surface area (Å²) in [6.45, 7) is 2.03. The number of hydrogen-bond donors (Lipinski definition) is 0. The molecule has 70 valence electrons. The van der Waals surface area contributed by atoms with Gasteiger partial charge in [0.25, 0.3) is 0 Å². The summed E-state index contributed by atoms with van der Waals surface area (Å²) in [5.41, 5.74) is 0.727. The van der Waals surface area contributed by atoms with E-state index < -0.39 is 0 Å². The van der Waals surface area contributed by atoms with Gasteiger partial charge in [-0.25, -0.2) is 4.79 Å². The highest BCUT2D eigenvalue weighted by Gasteiger charge is 2.07. The molecule has 0 fully saturated rings. The monoisotopic (exact) mass is 171 g/mol. The van der Waals surface area contributed by atoms with E-state index in [1.54, 1.807) is 6.20 Å². The van der Waals surface area contributed by atoms with E-state index in [2.05, 4.69) is 4.74 Å². The molecular weight excluding hydrogens is 154 g/mol. The van der Waals surface area contributed by atoms with Gasteiger partial charge in [-0.15, -0.1) is 0 Å². The Labute approximate surface area is 74.0 Å². The summed E-state index contributed by atoms with van der Waals surface area (Å²) in [7, 11) is 5.18. The first kappa shape index (κ1) is 11.0. The molecule has 0 amide bonds. The number of esters is 1. The first-order chi connectivity index (χ1) is 5.61. The van der Waals surface area contributed by atoms with E-state index in [-0.39, 0.29) is 5.97 Å².